The van der Waals surface area contributed by atoms with Crippen LogP contribution in [0.4, 0.5) is 22.1 Å². The summed E-state index contributed by atoms with van der Waals surface area (Å²) < 4.78 is 14.3. The molecule has 6 rings (SSSR count). The Balaban J connectivity index is 1.28. The first kappa shape index (κ1) is 29.1. The molecule has 0 bridgehead atoms. The van der Waals surface area contributed by atoms with Gasteiger partial charge < -0.3 is 24.6 Å². The largest absolute Gasteiger partial charge is 0.444 e. The maximum absolute atomic E-state index is 12.3. The van der Waals surface area contributed by atoms with Crippen LogP contribution in [0.15, 0.2) is 22.9 Å². The molecule has 42 heavy (non-hydrogen) atoms. The molecular formula is C30H41BrN8O3. The second kappa shape index (κ2) is 11.6. The highest BCUT2D eigenvalue weighted by Gasteiger charge is 2.34. The van der Waals surface area contributed by atoms with E-state index in [4.69, 9.17) is 24.5 Å². The predicted molar refractivity (Wildman–Crippen MR) is 165 cm³/mol. The number of aryl methyl sites for hydroxylation is 1. The molecule has 3 aliphatic rings. The molecule has 0 aromatic carbocycles. The third-order valence-electron chi connectivity index (χ3n) is 8.41. The molecule has 1 unspecified atom stereocenters. The number of nitrogens with zero attached hydrogens (tertiary/aromatic N) is 7. The van der Waals surface area contributed by atoms with E-state index >= 15 is 0 Å². The first-order valence-electron chi connectivity index (χ1n) is 15.1. The van der Waals surface area contributed by atoms with Gasteiger partial charge in [0.05, 0.1) is 11.4 Å². The summed E-state index contributed by atoms with van der Waals surface area (Å²) in [5, 5.41) is 8.10. The lowest BCUT2D eigenvalue weighted by molar-refractivity contribution is -0.0368. The average molecular weight is 642 g/mol. The molecule has 226 valence electrons. The van der Waals surface area contributed by atoms with Crippen molar-refractivity contribution in [1.29, 1.82) is 0 Å². The molecule has 12 heteroatoms. The minimum Gasteiger partial charge on any atom is -0.444 e. The van der Waals surface area contributed by atoms with Gasteiger partial charge in [0.25, 0.3) is 0 Å². The van der Waals surface area contributed by atoms with E-state index in [-0.39, 0.29) is 17.7 Å². The zero-order valence-electron chi connectivity index (χ0n) is 25.0. The molecule has 1 N–H and O–H groups in total. The first-order chi connectivity index (χ1) is 20.1. The number of fused-ring (bicyclic) bond motifs is 2. The van der Waals surface area contributed by atoms with Gasteiger partial charge in [-0.1, -0.05) is 6.92 Å². The van der Waals surface area contributed by atoms with Crippen LogP contribution in [0.5, 0.6) is 0 Å². The lowest BCUT2D eigenvalue weighted by atomic mass is 9.80. The highest BCUT2D eigenvalue weighted by molar-refractivity contribution is 9.10. The number of hydrogen-bond donors (Lipinski definition) is 1. The quantitative estimate of drug-likeness (QED) is 0.364. The number of alkyl carbamates (subject to hydrolysis) is 1. The number of anilines is 3. The van der Waals surface area contributed by atoms with Gasteiger partial charge in [0.15, 0.2) is 29.0 Å². The van der Waals surface area contributed by atoms with E-state index in [2.05, 4.69) is 49.0 Å². The van der Waals surface area contributed by atoms with Crippen molar-refractivity contribution in [2.75, 3.05) is 42.6 Å². The van der Waals surface area contributed by atoms with Crippen LogP contribution in [0.2, 0.25) is 0 Å². The lowest BCUT2D eigenvalue weighted by Crippen LogP contribution is -2.46. The predicted octanol–water partition coefficient (Wildman–Crippen LogP) is 5.90. The number of carbonyl (C=O) groups is 1. The number of amides is 1. The SMILES string of the molecule is CC1(CNC(=O)OC(C)(C)C)CCN(c2nc3c(nc2Br)c(N2CCCc4ncccc42)nn3C2CCCCO2)CC1. The van der Waals surface area contributed by atoms with Crippen LogP contribution in [-0.4, -0.2) is 69.2 Å². The Morgan fingerprint density at radius 1 is 1.17 bits per heavy atom. The minimum absolute atomic E-state index is 0.0298. The Morgan fingerprint density at radius 2 is 1.98 bits per heavy atom. The molecule has 11 nitrogen and oxygen atoms in total. The molecule has 3 aliphatic heterocycles. The fourth-order valence-electron chi connectivity index (χ4n) is 6.05. The molecular weight excluding hydrogens is 600 g/mol. The number of rotatable bonds is 5. The summed E-state index contributed by atoms with van der Waals surface area (Å²) in [5.41, 5.74) is 3.13. The van der Waals surface area contributed by atoms with E-state index < -0.39 is 5.60 Å². The van der Waals surface area contributed by atoms with Gasteiger partial charge in [-0.25, -0.2) is 19.4 Å². The lowest BCUT2D eigenvalue weighted by Gasteiger charge is -2.40. The van der Waals surface area contributed by atoms with E-state index in [1.165, 1.54) is 0 Å². The third-order valence-corrected chi connectivity index (χ3v) is 8.95. The second-order valence-corrected chi connectivity index (χ2v) is 13.7. The van der Waals surface area contributed by atoms with Crippen LogP contribution < -0.4 is 15.1 Å². The maximum Gasteiger partial charge on any atom is 0.407 e. The number of aromatic nitrogens is 5. The zero-order valence-corrected chi connectivity index (χ0v) is 26.6. The molecule has 3 aromatic heterocycles. The fraction of sp³-hybridized carbons (Fsp3) is 0.633. The smallest absolute Gasteiger partial charge is 0.407 e. The normalized spacial score (nSPS) is 20.8. The van der Waals surface area contributed by atoms with Gasteiger partial charge in [-0.2, -0.15) is 0 Å². The van der Waals surface area contributed by atoms with E-state index in [0.717, 1.165) is 105 Å². The Kier molecular flexibility index (Phi) is 8.03. The number of piperidine rings is 1. The van der Waals surface area contributed by atoms with Gasteiger partial charge in [0.1, 0.15) is 10.2 Å². The van der Waals surface area contributed by atoms with E-state index in [1.807, 2.05) is 37.7 Å². The van der Waals surface area contributed by atoms with Crippen molar-refractivity contribution >= 4 is 50.5 Å². The zero-order chi connectivity index (χ0) is 29.5. The van der Waals surface area contributed by atoms with Crippen molar-refractivity contribution in [1.82, 2.24) is 30.0 Å². The maximum atomic E-state index is 12.3. The van der Waals surface area contributed by atoms with E-state index in [0.29, 0.717) is 11.1 Å². The van der Waals surface area contributed by atoms with Crippen molar-refractivity contribution in [2.24, 2.45) is 5.41 Å². The topological polar surface area (TPSA) is 111 Å². The van der Waals surface area contributed by atoms with Gasteiger partial charge in [0, 0.05) is 39.0 Å². The minimum atomic E-state index is -0.513. The molecule has 0 spiro atoms. The van der Waals surface area contributed by atoms with Gasteiger partial charge >= 0.3 is 6.09 Å². The number of pyridine rings is 1. The first-order valence-corrected chi connectivity index (χ1v) is 15.9. The van der Waals surface area contributed by atoms with Crippen LogP contribution in [0, 0.1) is 5.41 Å². The summed E-state index contributed by atoms with van der Waals surface area (Å²) in [6, 6.07) is 4.09. The van der Waals surface area contributed by atoms with E-state index in [1.54, 1.807) is 0 Å². The Labute approximate surface area is 255 Å². The molecule has 0 radical (unpaired) electrons. The number of ether oxygens (including phenoxy) is 2. The highest BCUT2D eigenvalue weighted by Crippen LogP contribution is 2.40. The van der Waals surface area contributed by atoms with Crippen LogP contribution in [0.3, 0.4) is 0 Å². The van der Waals surface area contributed by atoms with Crippen LogP contribution in [0.1, 0.15) is 78.1 Å². The summed E-state index contributed by atoms with van der Waals surface area (Å²) >= 11 is 3.77. The number of hydrogen-bond acceptors (Lipinski definition) is 9. The average Bonchev–Trinajstić information content (AvgIpc) is 3.33. The molecule has 0 saturated carbocycles. The Morgan fingerprint density at radius 3 is 2.71 bits per heavy atom. The number of halogens is 1. The van der Waals surface area contributed by atoms with Crippen molar-refractivity contribution in [2.45, 2.75) is 84.5 Å². The van der Waals surface area contributed by atoms with Crippen LogP contribution >= 0.6 is 15.9 Å². The standard InChI is InChI=1S/C30H41BrN8O3/c1-29(2,3)42-28(40)33-19-30(4)12-16-37(17-13-30)27-24(31)34-23-25(35-27)39(22-11-5-6-18-41-22)36-26(23)38-15-8-9-20-21(38)10-7-14-32-20/h7,10,14,22H,5-6,8-9,11-13,15-19H2,1-4H3,(H,33,40). The molecule has 2 fully saturated rings. The Hall–Kier alpha value is -2.99. The summed E-state index contributed by atoms with van der Waals surface area (Å²) in [5.74, 6) is 1.61. The van der Waals surface area contributed by atoms with Crippen molar-refractivity contribution < 1.29 is 14.3 Å². The van der Waals surface area contributed by atoms with E-state index in [9.17, 15) is 4.79 Å². The van der Waals surface area contributed by atoms with Gasteiger partial charge in [-0.05, 0) is 99.2 Å². The molecule has 0 aliphatic carbocycles. The monoisotopic (exact) mass is 640 g/mol. The molecule has 6 heterocycles. The molecule has 2 saturated heterocycles. The van der Waals surface area contributed by atoms with Crippen LogP contribution in [-0.2, 0) is 15.9 Å². The summed E-state index contributed by atoms with van der Waals surface area (Å²) in [6.45, 7) is 11.6. The van der Waals surface area contributed by atoms with Crippen molar-refractivity contribution in [3.05, 3.63) is 28.6 Å². The summed E-state index contributed by atoms with van der Waals surface area (Å²) in [7, 11) is 0. The third kappa shape index (κ3) is 6.06. The highest BCUT2D eigenvalue weighted by atomic mass is 79.9. The number of carbonyl (C=O) groups excluding carboxylic acids is 1. The molecule has 3 aromatic rings. The molecule has 1 amide bonds. The second-order valence-electron chi connectivity index (χ2n) is 13.0. The van der Waals surface area contributed by atoms with Gasteiger partial charge in [-0.3, -0.25) is 4.98 Å². The number of nitrogens with one attached hydrogen (secondary N) is 1. The molecule has 1 atom stereocenters. The fourth-order valence-corrected chi connectivity index (χ4v) is 6.57. The summed E-state index contributed by atoms with van der Waals surface area (Å²) in [6.07, 6.45) is 8.14. The van der Waals surface area contributed by atoms with Gasteiger partial charge in [0.2, 0.25) is 0 Å². The van der Waals surface area contributed by atoms with Crippen molar-refractivity contribution in [3.63, 3.8) is 0 Å². The summed E-state index contributed by atoms with van der Waals surface area (Å²) in [4.78, 5) is 31.7. The van der Waals surface area contributed by atoms with Gasteiger partial charge in [-0.15, -0.1) is 5.10 Å². The van der Waals surface area contributed by atoms with Crippen LogP contribution in [0.25, 0.3) is 11.2 Å². The van der Waals surface area contributed by atoms with Crippen molar-refractivity contribution in [3.8, 4) is 0 Å². The Bertz CT molecular complexity index is 1440.